The van der Waals surface area contributed by atoms with Crippen molar-refractivity contribution in [1.82, 2.24) is 15.0 Å². The third kappa shape index (κ3) is 3.89. The second-order valence-corrected chi connectivity index (χ2v) is 8.62. The lowest BCUT2D eigenvalue weighted by atomic mass is 10.1. The number of carbonyl (C=O) groups excluding carboxylic acids is 1. The fraction of sp³-hybridized carbons (Fsp3) is 0.185. The van der Waals surface area contributed by atoms with Crippen molar-refractivity contribution >= 4 is 45.0 Å². The highest BCUT2D eigenvalue weighted by atomic mass is 16.5. The summed E-state index contributed by atoms with van der Waals surface area (Å²) in [5.41, 5.74) is 3.80. The zero-order valence-electron chi connectivity index (χ0n) is 19.6. The van der Waals surface area contributed by atoms with Gasteiger partial charge in [0.15, 0.2) is 5.78 Å². The summed E-state index contributed by atoms with van der Waals surface area (Å²) in [6, 6.07) is 15.4. The number of H-pyrrole nitrogens is 1. The van der Waals surface area contributed by atoms with E-state index < -0.39 is 5.63 Å². The SMILES string of the molecule is CC(=O)c1c(N2CCOCC2)c2ccc(Nc3nccc(-c4cccc5cc[nH]c45)n3)cc2oc1=O. The van der Waals surface area contributed by atoms with Gasteiger partial charge in [-0.2, -0.15) is 0 Å². The molecule has 36 heavy (non-hydrogen) atoms. The Hall–Kier alpha value is -4.50. The molecule has 0 radical (unpaired) electrons. The van der Waals surface area contributed by atoms with Crippen molar-refractivity contribution < 1.29 is 13.9 Å². The molecular weight excluding hydrogens is 458 g/mol. The first-order valence-electron chi connectivity index (χ1n) is 11.7. The number of ketones is 1. The molecule has 1 saturated heterocycles. The summed E-state index contributed by atoms with van der Waals surface area (Å²) in [7, 11) is 0. The van der Waals surface area contributed by atoms with E-state index in [9.17, 15) is 9.59 Å². The van der Waals surface area contributed by atoms with Crippen LogP contribution >= 0.6 is 0 Å². The van der Waals surface area contributed by atoms with E-state index in [2.05, 4.69) is 15.3 Å². The fourth-order valence-corrected chi connectivity index (χ4v) is 4.68. The van der Waals surface area contributed by atoms with Gasteiger partial charge in [0.05, 0.1) is 30.1 Å². The van der Waals surface area contributed by atoms with Gasteiger partial charge in [-0.05, 0) is 31.2 Å². The molecule has 0 amide bonds. The number of morpholine rings is 1. The second kappa shape index (κ2) is 8.94. The number of carbonyl (C=O) groups is 1. The minimum atomic E-state index is -0.647. The van der Waals surface area contributed by atoms with Gasteiger partial charge in [0.1, 0.15) is 11.1 Å². The van der Waals surface area contributed by atoms with Crippen LogP contribution in [0.4, 0.5) is 17.3 Å². The van der Waals surface area contributed by atoms with Gasteiger partial charge >= 0.3 is 5.63 Å². The molecule has 2 N–H and O–H groups in total. The maximum absolute atomic E-state index is 12.8. The second-order valence-electron chi connectivity index (χ2n) is 8.62. The summed E-state index contributed by atoms with van der Waals surface area (Å²) < 4.78 is 11.0. The monoisotopic (exact) mass is 481 g/mol. The normalized spacial score (nSPS) is 13.9. The van der Waals surface area contributed by atoms with E-state index in [1.807, 2.05) is 53.6 Å². The maximum Gasteiger partial charge on any atom is 0.349 e. The largest absolute Gasteiger partial charge is 0.422 e. The summed E-state index contributed by atoms with van der Waals surface area (Å²) >= 11 is 0. The molecule has 4 heterocycles. The first kappa shape index (κ1) is 22.0. The lowest BCUT2D eigenvalue weighted by Gasteiger charge is -2.30. The molecule has 180 valence electrons. The number of Topliss-reactive ketones (excluding diaryl/α,β-unsaturated/α-hetero) is 1. The van der Waals surface area contributed by atoms with E-state index in [0.29, 0.717) is 54.6 Å². The summed E-state index contributed by atoms with van der Waals surface area (Å²) in [4.78, 5) is 39.5. The molecule has 9 nitrogen and oxygen atoms in total. The summed E-state index contributed by atoms with van der Waals surface area (Å²) in [5, 5.41) is 5.01. The summed E-state index contributed by atoms with van der Waals surface area (Å²) in [5.74, 6) is 0.0863. The van der Waals surface area contributed by atoms with Gasteiger partial charge in [0, 0.05) is 53.6 Å². The van der Waals surface area contributed by atoms with E-state index in [1.165, 1.54) is 6.92 Å². The summed E-state index contributed by atoms with van der Waals surface area (Å²) in [6.07, 6.45) is 3.60. The average Bonchev–Trinajstić information content (AvgIpc) is 3.37. The average molecular weight is 482 g/mol. The Balaban J connectivity index is 1.38. The number of hydrogen-bond acceptors (Lipinski definition) is 8. The Labute approximate surface area is 205 Å². The zero-order valence-corrected chi connectivity index (χ0v) is 19.6. The molecule has 2 aromatic carbocycles. The van der Waals surface area contributed by atoms with E-state index in [4.69, 9.17) is 14.1 Å². The predicted octanol–water partition coefficient (Wildman–Crippen LogP) is 4.51. The van der Waals surface area contributed by atoms with E-state index in [-0.39, 0.29) is 11.3 Å². The topological polar surface area (TPSA) is 113 Å². The van der Waals surface area contributed by atoms with Crippen LogP contribution in [0.3, 0.4) is 0 Å². The van der Waals surface area contributed by atoms with Crippen molar-refractivity contribution in [3.63, 3.8) is 0 Å². The van der Waals surface area contributed by atoms with Crippen molar-refractivity contribution in [2.45, 2.75) is 6.92 Å². The number of anilines is 3. The number of fused-ring (bicyclic) bond motifs is 2. The molecule has 0 bridgehead atoms. The van der Waals surface area contributed by atoms with Crippen molar-refractivity contribution in [1.29, 1.82) is 0 Å². The van der Waals surface area contributed by atoms with Crippen LogP contribution in [0, 0.1) is 0 Å². The highest BCUT2D eigenvalue weighted by Crippen LogP contribution is 2.32. The van der Waals surface area contributed by atoms with Crippen LogP contribution in [0.25, 0.3) is 33.1 Å². The number of aromatic amines is 1. The molecule has 0 unspecified atom stereocenters. The van der Waals surface area contributed by atoms with Crippen molar-refractivity contribution in [2.24, 2.45) is 0 Å². The fourth-order valence-electron chi connectivity index (χ4n) is 4.68. The van der Waals surface area contributed by atoms with Crippen LogP contribution in [0.15, 0.2) is 70.1 Å². The van der Waals surface area contributed by atoms with Crippen LogP contribution in [-0.4, -0.2) is 47.0 Å². The van der Waals surface area contributed by atoms with Crippen molar-refractivity contribution in [2.75, 3.05) is 36.5 Å². The van der Waals surface area contributed by atoms with Crippen LogP contribution in [0.1, 0.15) is 17.3 Å². The van der Waals surface area contributed by atoms with Gasteiger partial charge in [-0.25, -0.2) is 14.8 Å². The number of hydrogen-bond donors (Lipinski definition) is 2. The van der Waals surface area contributed by atoms with Gasteiger partial charge < -0.3 is 24.4 Å². The molecule has 0 saturated carbocycles. The molecule has 0 spiro atoms. The zero-order chi connectivity index (χ0) is 24.6. The van der Waals surface area contributed by atoms with Gasteiger partial charge in [0.2, 0.25) is 5.95 Å². The molecule has 6 rings (SSSR count). The number of nitrogens with zero attached hydrogens (tertiary/aromatic N) is 3. The number of nitrogens with one attached hydrogen (secondary N) is 2. The van der Waals surface area contributed by atoms with Crippen LogP contribution in [-0.2, 0) is 4.74 Å². The smallest absolute Gasteiger partial charge is 0.349 e. The first-order chi connectivity index (χ1) is 17.6. The lowest BCUT2D eigenvalue weighted by molar-refractivity contribution is 0.101. The molecule has 0 aliphatic carbocycles. The lowest BCUT2D eigenvalue weighted by Crippen LogP contribution is -2.38. The standard InChI is InChI=1S/C27H23N5O4/c1-16(33)23-25(32-11-13-35-14-12-32)20-6-5-18(15-22(20)36-26(23)34)30-27-29-10-8-21(31-27)19-4-2-3-17-7-9-28-24(17)19/h2-10,15,28H,11-14H2,1H3,(H,29,30,31). The molecule has 9 heteroatoms. The van der Waals surface area contributed by atoms with Gasteiger partial charge in [-0.15, -0.1) is 0 Å². The number of benzene rings is 2. The maximum atomic E-state index is 12.8. The van der Waals surface area contributed by atoms with Crippen LogP contribution < -0.4 is 15.8 Å². The molecular formula is C27H23N5O4. The first-order valence-corrected chi connectivity index (χ1v) is 11.7. The molecule has 1 fully saturated rings. The third-order valence-electron chi connectivity index (χ3n) is 6.33. The number of aromatic nitrogens is 3. The minimum absolute atomic E-state index is 0.0691. The number of ether oxygens (including phenoxy) is 1. The van der Waals surface area contributed by atoms with Crippen LogP contribution in [0.5, 0.6) is 0 Å². The van der Waals surface area contributed by atoms with E-state index >= 15 is 0 Å². The Morgan fingerprint density at radius 1 is 1.11 bits per heavy atom. The molecule has 5 aromatic rings. The van der Waals surface area contributed by atoms with Crippen molar-refractivity contribution in [3.8, 4) is 11.3 Å². The number of para-hydroxylation sites is 1. The Bertz CT molecular complexity index is 1670. The van der Waals surface area contributed by atoms with Gasteiger partial charge in [-0.3, -0.25) is 4.79 Å². The highest BCUT2D eigenvalue weighted by Gasteiger charge is 2.24. The Kier molecular flexibility index (Phi) is 5.46. The molecule has 0 atom stereocenters. The molecule has 3 aromatic heterocycles. The number of rotatable bonds is 5. The Morgan fingerprint density at radius 2 is 1.97 bits per heavy atom. The third-order valence-corrected chi connectivity index (χ3v) is 6.33. The highest BCUT2D eigenvalue weighted by molar-refractivity contribution is 6.07. The minimum Gasteiger partial charge on any atom is -0.422 e. The quantitative estimate of drug-likeness (QED) is 0.278. The molecule has 1 aliphatic rings. The van der Waals surface area contributed by atoms with Gasteiger partial charge in [0.25, 0.3) is 0 Å². The summed E-state index contributed by atoms with van der Waals surface area (Å²) in [6.45, 7) is 3.63. The van der Waals surface area contributed by atoms with Crippen LogP contribution in [0.2, 0.25) is 0 Å². The molecule has 1 aliphatic heterocycles. The van der Waals surface area contributed by atoms with E-state index in [1.54, 1.807) is 12.3 Å². The predicted molar refractivity (Wildman–Crippen MR) is 138 cm³/mol. The Morgan fingerprint density at radius 3 is 2.81 bits per heavy atom. The van der Waals surface area contributed by atoms with E-state index in [0.717, 1.165) is 22.2 Å². The van der Waals surface area contributed by atoms with Crippen molar-refractivity contribution in [3.05, 3.63) is 76.9 Å². The van der Waals surface area contributed by atoms with Gasteiger partial charge in [-0.1, -0.05) is 18.2 Å².